The molecule has 34 heavy (non-hydrogen) atoms. The van der Waals surface area contributed by atoms with Crippen molar-refractivity contribution in [1.82, 2.24) is 4.90 Å². The van der Waals surface area contributed by atoms with Crippen LogP contribution in [-0.4, -0.2) is 58.6 Å². The van der Waals surface area contributed by atoms with Gasteiger partial charge in [-0.1, -0.05) is 29.8 Å². The number of para-hydroxylation sites is 1. The average Bonchev–Trinajstić information content (AvgIpc) is 3.47. The predicted molar refractivity (Wildman–Crippen MR) is 126 cm³/mol. The number of carbonyl (C=O) groups is 3. The molecule has 0 aromatic heterocycles. The Kier molecular flexibility index (Phi) is 6.06. The second kappa shape index (κ2) is 9.02. The van der Waals surface area contributed by atoms with Crippen molar-refractivity contribution in [2.45, 2.75) is 37.0 Å². The third-order valence-electron chi connectivity index (χ3n) is 7.06. The molecule has 3 fully saturated rings. The third kappa shape index (κ3) is 3.76. The minimum Gasteiger partial charge on any atom is -0.396 e. The van der Waals surface area contributed by atoms with Gasteiger partial charge in [0.1, 0.15) is 11.6 Å². The van der Waals surface area contributed by atoms with Gasteiger partial charge in [0.05, 0.1) is 17.9 Å². The van der Waals surface area contributed by atoms with Gasteiger partial charge in [-0.15, -0.1) is 0 Å². The number of hydrogen-bond donors (Lipinski definition) is 3. The van der Waals surface area contributed by atoms with Crippen molar-refractivity contribution >= 4 is 40.7 Å². The number of aliphatic hydroxyl groups is 1. The molecule has 9 heteroatoms. The lowest BCUT2D eigenvalue weighted by Gasteiger charge is -2.33. The number of nitrogens with one attached hydrogen (secondary N) is 2. The van der Waals surface area contributed by atoms with E-state index >= 15 is 0 Å². The van der Waals surface area contributed by atoms with Gasteiger partial charge in [-0.2, -0.15) is 0 Å². The van der Waals surface area contributed by atoms with Crippen molar-refractivity contribution in [3.8, 4) is 0 Å². The van der Waals surface area contributed by atoms with E-state index in [2.05, 4.69) is 10.6 Å². The van der Waals surface area contributed by atoms with Crippen LogP contribution in [0.4, 0.5) is 11.4 Å². The van der Waals surface area contributed by atoms with Crippen LogP contribution < -0.4 is 10.6 Å². The first-order valence-electron chi connectivity index (χ1n) is 11.5. The molecule has 3 aliphatic rings. The zero-order valence-electron chi connectivity index (χ0n) is 18.4. The molecule has 5 rings (SSSR count). The predicted octanol–water partition coefficient (Wildman–Crippen LogP) is 2.67. The van der Waals surface area contributed by atoms with Crippen LogP contribution in [0.1, 0.15) is 19.3 Å². The number of fused-ring (bicyclic) bond motifs is 1. The van der Waals surface area contributed by atoms with Crippen molar-refractivity contribution in [3.63, 3.8) is 0 Å². The minimum atomic E-state index is -1.08. The van der Waals surface area contributed by atoms with Crippen LogP contribution >= 0.6 is 11.6 Å². The number of halogens is 1. The Morgan fingerprint density at radius 3 is 2.44 bits per heavy atom. The van der Waals surface area contributed by atoms with Crippen molar-refractivity contribution in [1.29, 1.82) is 0 Å². The van der Waals surface area contributed by atoms with E-state index in [1.807, 2.05) is 18.2 Å². The Labute approximate surface area is 202 Å². The lowest BCUT2D eigenvalue weighted by Crippen LogP contribution is -2.53. The molecule has 2 bridgehead atoms. The number of benzene rings is 2. The normalized spacial score (nSPS) is 29.2. The van der Waals surface area contributed by atoms with Gasteiger partial charge < -0.3 is 25.4 Å². The van der Waals surface area contributed by atoms with Gasteiger partial charge in [0, 0.05) is 29.5 Å². The molecule has 1 spiro atoms. The van der Waals surface area contributed by atoms with Crippen LogP contribution in [0.25, 0.3) is 0 Å². The van der Waals surface area contributed by atoms with Crippen molar-refractivity contribution in [3.05, 3.63) is 59.6 Å². The topological polar surface area (TPSA) is 108 Å². The Hall–Kier alpha value is -2.94. The Balaban J connectivity index is 1.45. The molecule has 3 N–H and O–H groups in total. The fraction of sp³-hybridized carbons (Fsp3) is 0.400. The molecule has 2 unspecified atom stereocenters. The highest BCUT2D eigenvalue weighted by atomic mass is 35.5. The van der Waals surface area contributed by atoms with E-state index in [1.165, 1.54) is 4.90 Å². The summed E-state index contributed by atoms with van der Waals surface area (Å²) < 4.78 is 6.36. The zero-order valence-corrected chi connectivity index (χ0v) is 19.2. The monoisotopic (exact) mass is 483 g/mol. The third-order valence-corrected chi connectivity index (χ3v) is 7.31. The standard InChI is InChI=1S/C25H26ClN3O5/c26-15-7-9-17(10-8-15)28-23(32)21-25-12-11-18(34-25)19(20(25)24(33)29(21)13-4-14-30)22(31)27-16-5-2-1-3-6-16/h1-3,5-10,18-21,30H,4,11-14H2,(H,27,31)(H,28,32)/t18-,19+,20-,21?,25?/m0/s1. The largest absolute Gasteiger partial charge is 0.396 e. The molecule has 8 nitrogen and oxygen atoms in total. The first-order chi connectivity index (χ1) is 16.4. The van der Waals surface area contributed by atoms with Gasteiger partial charge in [-0.25, -0.2) is 0 Å². The molecular formula is C25H26ClN3O5. The summed E-state index contributed by atoms with van der Waals surface area (Å²) in [5, 5.41) is 15.7. The molecule has 3 aliphatic heterocycles. The van der Waals surface area contributed by atoms with Gasteiger partial charge in [0.2, 0.25) is 17.7 Å². The van der Waals surface area contributed by atoms with Crippen molar-refractivity contribution < 1.29 is 24.2 Å². The lowest BCUT2D eigenvalue weighted by molar-refractivity contribution is -0.139. The van der Waals surface area contributed by atoms with Crippen LogP contribution in [0.3, 0.4) is 0 Å². The van der Waals surface area contributed by atoms with Crippen LogP contribution in [0.2, 0.25) is 5.02 Å². The maximum Gasteiger partial charge on any atom is 0.250 e. The highest BCUT2D eigenvalue weighted by Crippen LogP contribution is 2.58. The summed E-state index contributed by atoms with van der Waals surface area (Å²) in [4.78, 5) is 42.0. The SMILES string of the molecule is O=C(Nc1ccc(Cl)cc1)C1N(CCCO)C(=O)[C@@H]2[C@H](C(=O)Nc3ccccc3)[C@@H]3CCC12O3. The van der Waals surface area contributed by atoms with E-state index in [4.69, 9.17) is 16.3 Å². The summed E-state index contributed by atoms with van der Waals surface area (Å²) in [5.74, 6) is -2.38. The van der Waals surface area contributed by atoms with Crippen molar-refractivity contribution in [2.75, 3.05) is 23.8 Å². The highest BCUT2D eigenvalue weighted by molar-refractivity contribution is 6.30. The van der Waals surface area contributed by atoms with E-state index in [0.29, 0.717) is 35.7 Å². The number of hydrogen-bond acceptors (Lipinski definition) is 5. The number of likely N-dealkylation sites (tertiary alicyclic amines) is 1. The summed E-state index contributed by atoms with van der Waals surface area (Å²) in [7, 11) is 0. The maximum atomic E-state index is 13.6. The number of aliphatic hydroxyl groups excluding tert-OH is 1. The van der Waals surface area contributed by atoms with Gasteiger partial charge >= 0.3 is 0 Å². The highest BCUT2D eigenvalue weighted by Gasteiger charge is 2.74. The fourth-order valence-electron chi connectivity index (χ4n) is 5.73. The molecule has 2 aromatic carbocycles. The Morgan fingerprint density at radius 2 is 1.74 bits per heavy atom. The number of anilines is 2. The number of nitrogens with zero attached hydrogens (tertiary/aromatic N) is 1. The molecule has 3 saturated heterocycles. The molecule has 178 valence electrons. The molecule has 3 amide bonds. The number of ether oxygens (including phenoxy) is 1. The Bertz CT molecular complexity index is 1100. The summed E-state index contributed by atoms with van der Waals surface area (Å²) >= 11 is 5.95. The minimum absolute atomic E-state index is 0.117. The van der Waals surface area contributed by atoms with Crippen LogP contribution in [-0.2, 0) is 19.1 Å². The summed E-state index contributed by atoms with van der Waals surface area (Å²) in [6, 6.07) is 14.9. The maximum absolute atomic E-state index is 13.6. The lowest BCUT2D eigenvalue weighted by atomic mass is 9.70. The first-order valence-corrected chi connectivity index (χ1v) is 11.8. The molecular weight excluding hydrogens is 458 g/mol. The fourth-order valence-corrected chi connectivity index (χ4v) is 5.85. The molecule has 3 heterocycles. The van der Waals surface area contributed by atoms with E-state index < -0.39 is 29.6 Å². The van der Waals surface area contributed by atoms with Crippen LogP contribution in [0, 0.1) is 11.8 Å². The van der Waals surface area contributed by atoms with E-state index in [0.717, 1.165) is 0 Å². The summed E-state index contributed by atoms with van der Waals surface area (Å²) in [6.45, 7) is 0.0850. The molecule has 0 saturated carbocycles. The van der Waals surface area contributed by atoms with Gasteiger partial charge in [-0.05, 0) is 55.7 Å². The van der Waals surface area contributed by atoms with Crippen molar-refractivity contribution in [2.24, 2.45) is 11.8 Å². The Morgan fingerprint density at radius 1 is 1.06 bits per heavy atom. The zero-order chi connectivity index (χ0) is 23.9. The van der Waals surface area contributed by atoms with E-state index in [-0.39, 0.29) is 30.9 Å². The average molecular weight is 484 g/mol. The molecule has 0 aliphatic carbocycles. The number of rotatable bonds is 7. The number of carbonyl (C=O) groups excluding carboxylic acids is 3. The van der Waals surface area contributed by atoms with E-state index in [1.54, 1.807) is 36.4 Å². The van der Waals surface area contributed by atoms with Gasteiger partial charge in [-0.3, -0.25) is 14.4 Å². The molecule has 2 aromatic rings. The summed E-state index contributed by atoms with van der Waals surface area (Å²) in [6.07, 6.45) is 1.000. The van der Waals surface area contributed by atoms with Crippen LogP contribution in [0.15, 0.2) is 54.6 Å². The molecule has 5 atom stereocenters. The first kappa shape index (κ1) is 22.8. The number of amides is 3. The second-order valence-corrected chi connectivity index (χ2v) is 9.45. The summed E-state index contributed by atoms with van der Waals surface area (Å²) in [5.41, 5.74) is 0.116. The quantitative estimate of drug-likeness (QED) is 0.561. The second-order valence-electron chi connectivity index (χ2n) is 9.02. The van der Waals surface area contributed by atoms with E-state index in [9.17, 15) is 19.5 Å². The molecule has 0 radical (unpaired) electrons. The van der Waals surface area contributed by atoms with Crippen LogP contribution in [0.5, 0.6) is 0 Å². The van der Waals surface area contributed by atoms with Gasteiger partial charge in [0.15, 0.2) is 0 Å². The smallest absolute Gasteiger partial charge is 0.250 e. The van der Waals surface area contributed by atoms with Gasteiger partial charge in [0.25, 0.3) is 0 Å².